The van der Waals surface area contributed by atoms with Crippen LogP contribution in [0, 0.1) is 10.1 Å². The molecule has 2 aromatic rings. The fourth-order valence-electron chi connectivity index (χ4n) is 3.60. The first-order chi connectivity index (χ1) is 18.3. The lowest BCUT2D eigenvalue weighted by atomic mass is 10.1. The minimum Gasteiger partial charge on any atom is -0.468 e. The highest BCUT2D eigenvalue weighted by molar-refractivity contribution is 9.11. The van der Waals surface area contributed by atoms with Crippen molar-refractivity contribution < 1.29 is 37.9 Å². The predicted octanol–water partition coefficient (Wildman–Crippen LogP) is 2.20. The van der Waals surface area contributed by atoms with Crippen LogP contribution in [0.15, 0.2) is 45.0 Å². The monoisotopic (exact) mass is 632 g/mol. The molecule has 4 atom stereocenters. The Morgan fingerprint density at radius 2 is 2.05 bits per heavy atom. The molecule has 0 spiro atoms. The van der Waals surface area contributed by atoms with Gasteiger partial charge in [-0.1, -0.05) is 15.9 Å². The number of rotatable bonds is 11. The van der Waals surface area contributed by atoms with Gasteiger partial charge in [0.05, 0.1) is 30.3 Å². The van der Waals surface area contributed by atoms with Crippen molar-refractivity contribution >= 4 is 41.4 Å². The van der Waals surface area contributed by atoms with Crippen molar-refractivity contribution in [3.05, 3.63) is 72.0 Å². The highest BCUT2D eigenvalue weighted by Crippen LogP contribution is 2.47. The molecule has 15 nitrogen and oxygen atoms in total. The number of nitrogens with one attached hydrogen (secondary N) is 2. The van der Waals surface area contributed by atoms with Crippen molar-refractivity contribution in [3.8, 4) is 5.75 Å². The van der Waals surface area contributed by atoms with Crippen molar-refractivity contribution in [1.29, 1.82) is 0 Å². The molecule has 1 saturated heterocycles. The Balaban J connectivity index is 1.81. The number of hydrogen-bond acceptors (Lipinski definition) is 11. The second-order valence-corrected chi connectivity index (χ2v) is 11.0. The summed E-state index contributed by atoms with van der Waals surface area (Å²) < 4.78 is 36.3. The fraction of sp³-hybridized carbons (Fsp3) is 0.409. The van der Waals surface area contributed by atoms with Crippen LogP contribution in [-0.2, 0) is 23.4 Å². The first kappa shape index (κ1) is 30.4. The zero-order chi connectivity index (χ0) is 29.0. The van der Waals surface area contributed by atoms with E-state index in [2.05, 4.69) is 26.0 Å². The molecule has 0 saturated carbocycles. The minimum atomic E-state index is -4.41. The first-order valence-electron chi connectivity index (χ1n) is 11.3. The number of nitro groups is 1. The second-order valence-electron chi connectivity index (χ2n) is 8.84. The summed E-state index contributed by atoms with van der Waals surface area (Å²) in [6.07, 6.45) is -0.642. The Kier molecular flexibility index (Phi) is 9.64. The summed E-state index contributed by atoms with van der Waals surface area (Å²) in [5.74, 6) is -0.864. The average Bonchev–Trinajstić information content (AvgIpc) is 3.24. The maximum atomic E-state index is 13.7. The van der Waals surface area contributed by atoms with Gasteiger partial charge >= 0.3 is 19.4 Å². The number of carbonyl (C=O) groups is 1. The van der Waals surface area contributed by atoms with Crippen molar-refractivity contribution in [2.24, 2.45) is 0 Å². The molecule has 0 radical (unpaired) electrons. The van der Waals surface area contributed by atoms with Gasteiger partial charge in [0, 0.05) is 24.8 Å². The van der Waals surface area contributed by atoms with Gasteiger partial charge in [0.1, 0.15) is 23.6 Å². The standard InChI is InChI=1S/C22H26BrN4O11P/c1-22(2,20(30)35-3)25-39(34,38-15-6-4-14(5-7-15)27(32)33)36-12-17-16(28)10-18(37-17)26-11-13(8-9-23)19(29)24-21(26)31/h4-9,11,16-18,28H,10,12H2,1-3H3,(H,25,34)(H,24,29,31)/t16?,17-,18-,39?/m1/s1. The van der Waals surface area contributed by atoms with Crippen LogP contribution in [0.5, 0.6) is 5.75 Å². The zero-order valence-corrected chi connectivity index (χ0v) is 23.4. The van der Waals surface area contributed by atoms with Crippen molar-refractivity contribution in [2.75, 3.05) is 13.7 Å². The van der Waals surface area contributed by atoms with E-state index in [9.17, 15) is 34.2 Å². The molecule has 1 aromatic heterocycles. The van der Waals surface area contributed by atoms with E-state index in [-0.39, 0.29) is 23.4 Å². The van der Waals surface area contributed by atoms with Crippen LogP contribution in [0.2, 0.25) is 0 Å². The Morgan fingerprint density at radius 3 is 2.64 bits per heavy atom. The van der Waals surface area contributed by atoms with E-state index in [1.807, 2.05) is 0 Å². The SMILES string of the molecule is COC(=O)C(C)(C)NP(=O)(OC[C@H]1O[C@@H](n2cc(C=CBr)c(=O)[nH]c2=O)CC1O)Oc1ccc([N+](=O)[O-])cc1. The Bertz CT molecular complexity index is 1410. The molecule has 17 heteroatoms. The summed E-state index contributed by atoms with van der Waals surface area (Å²) in [5, 5.41) is 24.0. The van der Waals surface area contributed by atoms with E-state index < -0.39 is 60.5 Å². The minimum absolute atomic E-state index is 0.0635. The topological polar surface area (TPSA) is 201 Å². The third kappa shape index (κ3) is 7.50. The Hall–Kier alpha value is -3.14. The van der Waals surface area contributed by atoms with Crippen LogP contribution in [0.4, 0.5) is 5.69 Å². The summed E-state index contributed by atoms with van der Waals surface area (Å²) in [6, 6.07) is 4.64. The van der Waals surface area contributed by atoms with Gasteiger partial charge in [-0.15, -0.1) is 0 Å². The zero-order valence-electron chi connectivity index (χ0n) is 20.9. The number of aromatic nitrogens is 2. The third-order valence-electron chi connectivity index (χ3n) is 5.55. The number of aliphatic hydroxyl groups excluding tert-OH is 1. The molecule has 1 aliphatic heterocycles. The fourth-order valence-corrected chi connectivity index (χ4v) is 5.57. The molecule has 3 rings (SSSR count). The number of carbonyl (C=O) groups excluding carboxylic acids is 1. The number of esters is 1. The predicted molar refractivity (Wildman–Crippen MR) is 140 cm³/mol. The van der Waals surface area contributed by atoms with Gasteiger partial charge in [-0.25, -0.2) is 9.36 Å². The lowest BCUT2D eigenvalue weighted by molar-refractivity contribution is -0.384. The number of hydrogen-bond donors (Lipinski definition) is 3. The van der Waals surface area contributed by atoms with Gasteiger partial charge in [-0.3, -0.25) is 33.8 Å². The number of H-pyrrole nitrogens is 1. The maximum absolute atomic E-state index is 13.7. The molecule has 0 bridgehead atoms. The number of benzene rings is 1. The van der Waals surface area contributed by atoms with Gasteiger partial charge in [0.25, 0.3) is 11.2 Å². The molecule has 2 unspecified atom stereocenters. The Morgan fingerprint density at radius 1 is 1.38 bits per heavy atom. The van der Waals surface area contributed by atoms with Crippen molar-refractivity contribution in [3.63, 3.8) is 0 Å². The number of nitro benzene ring substituents is 1. The molecule has 0 amide bonds. The van der Waals surface area contributed by atoms with Gasteiger partial charge in [0.2, 0.25) is 0 Å². The highest BCUT2D eigenvalue weighted by atomic mass is 79.9. The van der Waals surface area contributed by atoms with Crippen LogP contribution >= 0.6 is 23.7 Å². The van der Waals surface area contributed by atoms with Crippen LogP contribution in [0.3, 0.4) is 0 Å². The van der Waals surface area contributed by atoms with Gasteiger partial charge < -0.3 is 19.1 Å². The van der Waals surface area contributed by atoms with E-state index in [0.717, 1.165) is 23.8 Å². The quantitative estimate of drug-likeness (QED) is 0.141. The number of halogens is 1. The number of aliphatic hydroxyl groups is 1. The molecule has 212 valence electrons. The third-order valence-corrected chi connectivity index (χ3v) is 7.58. The molecule has 2 heterocycles. The summed E-state index contributed by atoms with van der Waals surface area (Å²) in [6.45, 7) is 2.22. The molecule has 0 aliphatic carbocycles. The molecule has 1 aromatic carbocycles. The summed E-state index contributed by atoms with van der Waals surface area (Å²) in [4.78, 5) is 50.4. The van der Waals surface area contributed by atoms with Crippen LogP contribution in [0.1, 0.15) is 32.1 Å². The highest BCUT2D eigenvalue weighted by Gasteiger charge is 2.43. The molecule has 1 fully saturated rings. The number of nitrogens with zero attached hydrogens (tertiary/aromatic N) is 2. The number of non-ortho nitro benzene ring substituents is 1. The first-order valence-corrected chi connectivity index (χ1v) is 13.8. The van der Waals surface area contributed by atoms with Crippen LogP contribution in [0.25, 0.3) is 6.08 Å². The number of aromatic amines is 1. The van der Waals surface area contributed by atoms with Gasteiger partial charge in [0.15, 0.2) is 0 Å². The van der Waals surface area contributed by atoms with Crippen molar-refractivity contribution in [1.82, 2.24) is 14.6 Å². The van der Waals surface area contributed by atoms with E-state index in [0.29, 0.717) is 0 Å². The normalized spacial score (nSPS) is 21.0. The molecule has 39 heavy (non-hydrogen) atoms. The van der Waals surface area contributed by atoms with E-state index >= 15 is 0 Å². The Labute approximate surface area is 229 Å². The average molecular weight is 633 g/mol. The number of methoxy groups -OCH3 is 1. The lowest BCUT2D eigenvalue weighted by Gasteiger charge is -2.29. The molecular weight excluding hydrogens is 607 g/mol. The molecule has 1 aliphatic rings. The maximum Gasteiger partial charge on any atom is 0.459 e. The van der Waals surface area contributed by atoms with Gasteiger partial charge in [-0.2, -0.15) is 5.09 Å². The summed E-state index contributed by atoms with van der Waals surface area (Å²) in [7, 11) is -3.28. The van der Waals surface area contributed by atoms with Crippen LogP contribution < -0.4 is 20.9 Å². The largest absolute Gasteiger partial charge is 0.468 e. The molecule has 3 N–H and O–H groups in total. The molecular formula is C22H26BrN4O11P. The number of ether oxygens (including phenoxy) is 2. The van der Waals surface area contributed by atoms with Gasteiger partial charge in [-0.05, 0) is 37.0 Å². The summed E-state index contributed by atoms with van der Waals surface area (Å²) >= 11 is 3.06. The van der Waals surface area contributed by atoms with Crippen molar-refractivity contribution in [2.45, 2.75) is 44.2 Å². The second kappa shape index (κ2) is 12.4. The lowest BCUT2D eigenvalue weighted by Crippen LogP contribution is -2.47. The van der Waals surface area contributed by atoms with Crippen LogP contribution in [-0.4, -0.2) is 57.0 Å². The van der Waals surface area contributed by atoms with E-state index in [1.165, 1.54) is 43.2 Å². The van der Waals surface area contributed by atoms with E-state index in [4.69, 9.17) is 18.5 Å². The smallest absolute Gasteiger partial charge is 0.459 e. The summed E-state index contributed by atoms with van der Waals surface area (Å²) in [5.41, 5.74) is -3.03. The van der Waals surface area contributed by atoms with E-state index in [1.54, 1.807) is 0 Å².